The van der Waals surface area contributed by atoms with Crippen LogP contribution in [0.15, 0.2) is 18.2 Å². The van der Waals surface area contributed by atoms with Gasteiger partial charge in [0.2, 0.25) is 0 Å². The van der Waals surface area contributed by atoms with E-state index >= 15 is 0 Å². The molecule has 1 aromatic carbocycles. The molecule has 0 radical (unpaired) electrons. The molecule has 1 amide bonds. The minimum absolute atomic E-state index is 0.193. The lowest BCUT2D eigenvalue weighted by molar-refractivity contribution is 0.0750. The largest absolute Gasteiger partial charge is 0.337 e. The standard InChI is InChI=1S/C14H18F2N2O/c1-2-18(9-11-4-3-7-17-11)14(19)10-5-6-12(15)13(16)8-10/h5-6,8,11,17H,2-4,7,9H2,1H3. The summed E-state index contributed by atoms with van der Waals surface area (Å²) in [5.41, 5.74) is 0.193. The number of carbonyl (C=O) groups is 1. The van der Waals surface area contributed by atoms with Crippen LogP contribution in [-0.2, 0) is 0 Å². The van der Waals surface area contributed by atoms with Crippen LogP contribution in [0.2, 0.25) is 0 Å². The van der Waals surface area contributed by atoms with E-state index in [1.54, 1.807) is 4.90 Å². The lowest BCUT2D eigenvalue weighted by atomic mass is 10.1. The first-order valence-electron chi connectivity index (χ1n) is 6.59. The number of hydrogen-bond acceptors (Lipinski definition) is 2. The van der Waals surface area contributed by atoms with Gasteiger partial charge in [0.05, 0.1) is 0 Å². The SMILES string of the molecule is CCN(CC1CCCN1)C(=O)c1ccc(F)c(F)c1. The maximum atomic E-state index is 13.2. The van der Waals surface area contributed by atoms with Gasteiger partial charge in [-0.15, -0.1) is 0 Å². The van der Waals surface area contributed by atoms with Crippen molar-refractivity contribution in [1.82, 2.24) is 10.2 Å². The normalized spacial score (nSPS) is 18.6. The van der Waals surface area contributed by atoms with E-state index in [2.05, 4.69) is 5.32 Å². The Kier molecular flexibility index (Phi) is 4.47. The third-order valence-electron chi connectivity index (χ3n) is 3.44. The minimum Gasteiger partial charge on any atom is -0.337 e. The summed E-state index contributed by atoms with van der Waals surface area (Å²) in [5, 5.41) is 3.32. The first-order chi connectivity index (χ1) is 9.11. The zero-order valence-corrected chi connectivity index (χ0v) is 11.0. The molecule has 0 spiro atoms. The van der Waals surface area contributed by atoms with Gasteiger partial charge in [0.15, 0.2) is 11.6 Å². The fraction of sp³-hybridized carbons (Fsp3) is 0.500. The van der Waals surface area contributed by atoms with E-state index in [9.17, 15) is 13.6 Å². The van der Waals surface area contributed by atoms with Gasteiger partial charge in [0.25, 0.3) is 5.91 Å². The maximum absolute atomic E-state index is 13.2. The highest BCUT2D eigenvalue weighted by Gasteiger charge is 2.21. The summed E-state index contributed by atoms with van der Waals surface area (Å²) < 4.78 is 26.0. The number of nitrogens with one attached hydrogen (secondary N) is 1. The molecule has 0 aromatic heterocycles. The molecule has 3 nitrogen and oxygen atoms in total. The zero-order chi connectivity index (χ0) is 13.8. The van der Waals surface area contributed by atoms with Crippen LogP contribution in [0.4, 0.5) is 8.78 Å². The molecule has 1 fully saturated rings. The van der Waals surface area contributed by atoms with Gasteiger partial charge in [0.1, 0.15) is 0 Å². The third-order valence-corrected chi connectivity index (χ3v) is 3.44. The van der Waals surface area contributed by atoms with Crippen molar-refractivity contribution in [2.45, 2.75) is 25.8 Å². The molecule has 0 aliphatic carbocycles. The highest BCUT2D eigenvalue weighted by Crippen LogP contribution is 2.13. The van der Waals surface area contributed by atoms with Gasteiger partial charge in [-0.1, -0.05) is 0 Å². The number of carbonyl (C=O) groups excluding carboxylic acids is 1. The Morgan fingerprint density at radius 2 is 2.21 bits per heavy atom. The van der Waals surface area contributed by atoms with Crippen LogP contribution in [0.3, 0.4) is 0 Å². The average molecular weight is 268 g/mol. The monoisotopic (exact) mass is 268 g/mol. The molecular formula is C14H18F2N2O. The first kappa shape index (κ1) is 13.9. The van der Waals surface area contributed by atoms with Crippen LogP contribution >= 0.6 is 0 Å². The van der Waals surface area contributed by atoms with Gasteiger partial charge in [-0.05, 0) is 44.5 Å². The fourth-order valence-electron chi connectivity index (χ4n) is 2.35. The summed E-state index contributed by atoms with van der Waals surface area (Å²) in [6.45, 7) is 4.01. The van der Waals surface area contributed by atoms with Gasteiger partial charge in [-0.3, -0.25) is 4.79 Å². The Hall–Kier alpha value is -1.49. The molecule has 1 aromatic rings. The van der Waals surface area contributed by atoms with Crippen molar-refractivity contribution in [2.75, 3.05) is 19.6 Å². The van der Waals surface area contributed by atoms with Crippen molar-refractivity contribution >= 4 is 5.91 Å². The molecule has 1 aliphatic heterocycles. The quantitative estimate of drug-likeness (QED) is 0.907. The van der Waals surface area contributed by atoms with E-state index in [1.807, 2.05) is 6.92 Å². The Bertz CT molecular complexity index is 459. The summed E-state index contributed by atoms with van der Waals surface area (Å²) in [5.74, 6) is -2.17. The molecule has 2 rings (SSSR count). The Morgan fingerprint density at radius 3 is 2.79 bits per heavy atom. The molecule has 1 N–H and O–H groups in total. The lowest BCUT2D eigenvalue weighted by Gasteiger charge is -2.24. The van der Waals surface area contributed by atoms with Crippen LogP contribution in [0.5, 0.6) is 0 Å². The van der Waals surface area contributed by atoms with Crippen molar-refractivity contribution in [3.8, 4) is 0 Å². The summed E-state index contributed by atoms with van der Waals surface area (Å²) in [4.78, 5) is 13.9. The fourth-order valence-corrected chi connectivity index (χ4v) is 2.35. The number of nitrogens with zero attached hydrogens (tertiary/aromatic N) is 1. The smallest absolute Gasteiger partial charge is 0.254 e. The number of hydrogen-bond donors (Lipinski definition) is 1. The summed E-state index contributed by atoms with van der Waals surface area (Å²) in [6, 6.07) is 3.58. The van der Waals surface area contributed by atoms with Crippen molar-refractivity contribution in [2.24, 2.45) is 0 Å². The predicted molar refractivity (Wildman–Crippen MR) is 69.0 cm³/mol. The van der Waals surface area contributed by atoms with E-state index in [4.69, 9.17) is 0 Å². The number of amides is 1. The minimum atomic E-state index is -0.985. The summed E-state index contributed by atoms with van der Waals surface area (Å²) >= 11 is 0. The molecule has 1 aliphatic rings. The number of rotatable bonds is 4. The molecule has 0 saturated carbocycles. The van der Waals surface area contributed by atoms with Crippen LogP contribution in [0.25, 0.3) is 0 Å². The molecule has 104 valence electrons. The van der Waals surface area contributed by atoms with Crippen LogP contribution in [0, 0.1) is 11.6 Å². The second-order valence-corrected chi connectivity index (χ2v) is 4.77. The first-order valence-corrected chi connectivity index (χ1v) is 6.59. The molecule has 1 atom stereocenters. The van der Waals surface area contributed by atoms with E-state index in [0.717, 1.165) is 31.5 Å². The number of benzene rings is 1. The Labute approximate surface area is 111 Å². The van der Waals surface area contributed by atoms with Crippen LogP contribution in [0.1, 0.15) is 30.1 Å². The molecule has 19 heavy (non-hydrogen) atoms. The van der Waals surface area contributed by atoms with Gasteiger partial charge in [-0.2, -0.15) is 0 Å². The van der Waals surface area contributed by atoms with Crippen molar-refractivity contribution in [3.63, 3.8) is 0 Å². The van der Waals surface area contributed by atoms with Gasteiger partial charge < -0.3 is 10.2 Å². The molecule has 1 unspecified atom stereocenters. The van der Waals surface area contributed by atoms with Crippen molar-refractivity contribution in [1.29, 1.82) is 0 Å². The summed E-state index contributed by atoms with van der Waals surface area (Å²) in [7, 11) is 0. The maximum Gasteiger partial charge on any atom is 0.254 e. The molecule has 0 bridgehead atoms. The van der Waals surface area contributed by atoms with Gasteiger partial charge >= 0.3 is 0 Å². The molecule has 1 heterocycles. The van der Waals surface area contributed by atoms with Crippen LogP contribution in [-0.4, -0.2) is 36.5 Å². The van der Waals surface area contributed by atoms with E-state index in [1.165, 1.54) is 6.07 Å². The molecular weight excluding hydrogens is 250 g/mol. The Morgan fingerprint density at radius 1 is 1.42 bits per heavy atom. The third kappa shape index (κ3) is 3.29. The van der Waals surface area contributed by atoms with Crippen molar-refractivity contribution < 1.29 is 13.6 Å². The summed E-state index contributed by atoms with van der Waals surface area (Å²) in [6.07, 6.45) is 2.16. The van der Waals surface area contributed by atoms with E-state index < -0.39 is 11.6 Å². The van der Waals surface area contributed by atoms with Crippen molar-refractivity contribution in [3.05, 3.63) is 35.4 Å². The zero-order valence-electron chi connectivity index (χ0n) is 11.0. The average Bonchev–Trinajstić information content (AvgIpc) is 2.91. The molecule has 1 saturated heterocycles. The number of likely N-dealkylation sites (N-methyl/N-ethyl adjacent to an activating group) is 1. The topological polar surface area (TPSA) is 32.3 Å². The second-order valence-electron chi connectivity index (χ2n) is 4.77. The number of halogens is 2. The van der Waals surface area contributed by atoms with E-state index in [0.29, 0.717) is 19.1 Å². The van der Waals surface area contributed by atoms with Gasteiger partial charge in [-0.25, -0.2) is 8.78 Å². The molecule has 5 heteroatoms. The highest BCUT2D eigenvalue weighted by molar-refractivity contribution is 5.94. The second kappa shape index (κ2) is 6.10. The van der Waals surface area contributed by atoms with Crippen LogP contribution < -0.4 is 5.32 Å². The lowest BCUT2D eigenvalue weighted by Crippen LogP contribution is -2.41. The highest BCUT2D eigenvalue weighted by atomic mass is 19.2. The predicted octanol–water partition coefficient (Wildman–Crippen LogP) is 2.18. The Balaban J connectivity index is 2.08. The van der Waals surface area contributed by atoms with E-state index in [-0.39, 0.29) is 11.5 Å². The van der Waals surface area contributed by atoms with Gasteiger partial charge in [0, 0.05) is 24.7 Å².